The molecule has 3 N–H and O–H groups in total. The number of rotatable bonds is 6. The van der Waals surface area contributed by atoms with E-state index in [1.54, 1.807) is 18.5 Å². The fraction of sp³-hybridized carbons (Fsp3) is 0.294. The quantitative estimate of drug-likeness (QED) is 0.624. The van der Waals surface area contributed by atoms with E-state index in [0.29, 0.717) is 16.0 Å². The van der Waals surface area contributed by atoms with Gasteiger partial charge < -0.3 is 11.1 Å². The van der Waals surface area contributed by atoms with E-state index in [2.05, 4.69) is 15.4 Å². The summed E-state index contributed by atoms with van der Waals surface area (Å²) in [5, 5.41) is 7.66. The lowest BCUT2D eigenvalue weighted by molar-refractivity contribution is -0.116. The number of pyridine rings is 1. The summed E-state index contributed by atoms with van der Waals surface area (Å²) in [7, 11) is 0. The van der Waals surface area contributed by atoms with Crippen LogP contribution < -0.4 is 11.1 Å². The lowest BCUT2D eigenvalue weighted by atomic mass is 10.1. The highest BCUT2D eigenvalue weighted by Gasteiger charge is 2.23. The van der Waals surface area contributed by atoms with Gasteiger partial charge in [0.15, 0.2) is 0 Å². The lowest BCUT2D eigenvalue weighted by Crippen LogP contribution is -2.18. The number of aryl methyl sites for hydroxylation is 2. The molecule has 3 aromatic heterocycles. The molecule has 0 aliphatic carbocycles. The predicted octanol–water partition coefficient (Wildman–Crippen LogP) is 3.83. The Bertz CT molecular complexity index is 1080. The van der Waals surface area contributed by atoms with Crippen LogP contribution in [0.25, 0.3) is 10.2 Å². The molecule has 2 amide bonds. The average Bonchev–Trinajstić information content (AvgIpc) is 3.14. The van der Waals surface area contributed by atoms with Crippen LogP contribution in [-0.2, 0) is 11.3 Å². The van der Waals surface area contributed by atoms with Crippen molar-refractivity contribution < 1.29 is 18.4 Å². The van der Waals surface area contributed by atoms with E-state index in [1.165, 1.54) is 12.3 Å². The number of amides is 2. The smallest absolute Gasteiger partial charge is 0.280 e. The number of fused-ring (bicyclic) bond motifs is 1. The van der Waals surface area contributed by atoms with Crippen LogP contribution >= 0.6 is 22.9 Å². The molecule has 0 saturated heterocycles. The van der Waals surface area contributed by atoms with Crippen LogP contribution in [0.5, 0.6) is 0 Å². The molecule has 7 nitrogen and oxygen atoms in total. The molecule has 3 aromatic rings. The number of primary amides is 1. The number of hydrogen-bond acceptors (Lipinski definition) is 5. The van der Waals surface area contributed by atoms with Crippen molar-refractivity contribution in [3.05, 3.63) is 39.1 Å². The highest BCUT2D eigenvalue weighted by molar-refractivity contribution is 7.21. The minimum atomic E-state index is -2.75. The van der Waals surface area contributed by atoms with Crippen molar-refractivity contribution in [2.24, 2.45) is 5.73 Å². The van der Waals surface area contributed by atoms with Gasteiger partial charge in [0.25, 0.3) is 12.3 Å². The highest BCUT2D eigenvalue weighted by Crippen LogP contribution is 2.38. The summed E-state index contributed by atoms with van der Waals surface area (Å²) < 4.78 is 27.6. The monoisotopic (exact) mass is 427 g/mol. The molecule has 0 aromatic carbocycles. The SMILES string of the molecule is Cc1cc(C(F)F)nc2sc(C(N)=O)c(NC(=O)CCn3ncc(Cl)c3C)c12. The second-order valence-electron chi connectivity index (χ2n) is 6.11. The predicted molar refractivity (Wildman–Crippen MR) is 103 cm³/mol. The van der Waals surface area contributed by atoms with Crippen molar-refractivity contribution in [2.45, 2.75) is 33.2 Å². The van der Waals surface area contributed by atoms with Gasteiger partial charge >= 0.3 is 0 Å². The first-order valence-electron chi connectivity index (χ1n) is 8.18. The number of nitrogens with one attached hydrogen (secondary N) is 1. The number of nitrogens with two attached hydrogens (primary N) is 1. The van der Waals surface area contributed by atoms with Crippen LogP contribution in [0.15, 0.2) is 12.3 Å². The van der Waals surface area contributed by atoms with Gasteiger partial charge in [-0.3, -0.25) is 14.3 Å². The van der Waals surface area contributed by atoms with Gasteiger partial charge in [-0.15, -0.1) is 11.3 Å². The van der Waals surface area contributed by atoms with Gasteiger partial charge in [0.1, 0.15) is 15.4 Å². The highest BCUT2D eigenvalue weighted by atomic mass is 35.5. The molecule has 0 saturated carbocycles. The fourth-order valence-corrected chi connectivity index (χ4v) is 3.98. The Hall–Kier alpha value is -2.59. The zero-order chi connectivity index (χ0) is 20.6. The van der Waals surface area contributed by atoms with Crippen LogP contribution in [0.4, 0.5) is 14.5 Å². The molecule has 28 heavy (non-hydrogen) atoms. The first-order valence-corrected chi connectivity index (χ1v) is 9.38. The Balaban J connectivity index is 1.90. The maximum absolute atomic E-state index is 13.0. The van der Waals surface area contributed by atoms with Crippen molar-refractivity contribution >= 4 is 50.7 Å². The summed E-state index contributed by atoms with van der Waals surface area (Å²) in [5.74, 6) is -1.16. The van der Waals surface area contributed by atoms with Crippen LogP contribution in [0, 0.1) is 13.8 Å². The summed E-state index contributed by atoms with van der Waals surface area (Å²) >= 11 is 6.81. The standard InChI is InChI=1S/C17H16ClF2N5O2S/c1-7-5-10(15(19)20)23-17-12(7)13(14(28-17)16(21)27)24-11(26)3-4-25-8(2)9(18)6-22-25/h5-6,15H,3-4H2,1-2H3,(H2,21,27)(H,24,26). The number of nitrogens with zero attached hydrogens (tertiary/aromatic N) is 3. The molecule has 0 bridgehead atoms. The number of carbonyl (C=O) groups excluding carboxylic acids is 2. The van der Waals surface area contributed by atoms with E-state index in [9.17, 15) is 18.4 Å². The molecular weight excluding hydrogens is 412 g/mol. The maximum atomic E-state index is 13.0. The van der Waals surface area contributed by atoms with Crippen molar-refractivity contribution in [3.63, 3.8) is 0 Å². The molecular formula is C17H16ClF2N5O2S. The van der Waals surface area contributed by atoms with Crippen molar-refractivity contribution in [1.29, 1.82) is 0 Å². The zero-order valence-corrected chi connectivity index (χ0v) is 16.5. The van der Waals surface area contributed by atoms with E-state index in [1.807, 2.05) is 0 Å². The topological polar surface area (TPSA) is 103 Å². The van der Waals surface area contributed by atoms with Gasteiger partial charge in [-0.25, -0.2) is 13.8 Å². The molecule has 3 heterocycles. The summed E-state index contributed by atoms with van der Waals surface area (Å²) in [6.45, 7) is 3.67. The van der Waals surface area contributed by atoms with Crippen LogP contribution in [0.3, 0.4) is 0 Å². The second kappa shape index (κ2) is 7.80. The molecule has 0 atom stereocenters. The van der Waals surface area contributed by atoms with Crippen molar-refractivity contribution in [3.8, 4) is 0 Å². The number of carbonyl (C=O) groups is 2. The largest absolute Gasteiger partial charge is 0.365 e. The third-order valence-corrected chi connectivity index (χ3v) is 5.65. The summed E-state index contributed by atoms with van der Waals surface area (Å²) in [6, 6.07) is 1.23. The van der Waals surface area contributed by atoms with Crippen LogP contribution in [0.2, 0.25) is 5.02 Å². The first-order chi connectivity index (χ1) is 13.2. The summed E-state index contributed by atoms with van der Waals surface area (Å²) in [5.41, 5.74) is 6.40. The number of aromatic nitrogens is 3. The molecule has 0 radical (unpaired) electrons. The Labute approximate surface area is 167 Å². The molecule has 0 fully saturated rings. The number of thiophene rings is 1. The summed E-state index contributed by atoms with van der Waals surface area (Å²) in [4.78, 5) is 28.4. The number of hydrogen-bond donors (Lipinski definition) is 2. The van der Waals surface area contributed by atoms with E-state index >= 15 is 0 Å². The molecule has 0 spiro atoms. The normalized spacial score (nSPS) is 11.4. The maximum Gasteiger partial charge on any atom is 0.280 e. The fourth-order valence-electron chi connectivity index (χ4n) is 2.77. The van der Waals surface area contributed by atoms with Crippen LogP contribution in [0.1, 0.15) is 39.5 Å². The van der Waals surface area contributed by atoms with Gasteiger partial charge in [-0.05, 0) is 25.5 Å². The number of anilines is 1. The van der Waals surface area contributed by atoms with Gasteiger partial charge in [0.05, 0.1) is 29.1 Å². The first kappa shape index (κ1) is 20.2. The number of alkyl halides is 2. The van der Waals surface area contributed by atoms with E-state index in [4.69, 9.17) is 17.3 Å². The second-order valence-corrected chi connectivity index (χ2v) is 7.52. The molecule has 0 aliphatic heterocycles. The lowest BCUT2D eigenvalue weighted by Gasteiger charge is -2.09. The Morgan fingerprint density at radius 3 is 2.68 bits per heavy atom. The third-order valence-electron chi connectivity index (χ3n) is 4.18. The van der Waals surface area contributed by atoms with Crippen molar-refractivity contribution in [2.75, 3.05) is 5.32 Å². The van der Waals surface area contributed by atoms with E-state index in [-0.39, 0.29) is 34.3 Å². The Morgan fingerprint density at radius 2 is 2.11 bits per heavy atom. The molecule has 148 valence electrons. The Kier molecular flexibility index (Phi) is 5.61. The molecule has 0 aliphatic rings. The molecule has 0 unspecified atom stereocenters. The van der Waals surface area contributed by atoms with E-state index < -0.39 is 18.0 Å². The van der Waals surface area contributed by atoms with Gasteiger partial charge in [0, 0.05) is 11.8 Å². The Morgan fingerprint density at radius 1 is 1.39 bits per heavy atom. The minimum Gasteiger partial charge on any atom is -0.365 e. The number of halogens is 3. The summed E-state index contributed by atoms with van der Waals surface area (Å²) in [6.07, 6.45) is -1.19. The molecule has 11 heteroatoms. The van der Waals surface area contributed by atoms with E-state index in [0.717, 1.165) is 17.0 Å². The zero-order valence-electron chi connectivity index (χ0n) is 14.9. The minimum absolute atomic E-state index is 0.0590. The van der Waals surface area contributed by atoms with Gasteiger partial charge in [-0.2, -0.15) is 5.10 Å². The van der Waals surface area contributed by atoms with Gasteiger partial charge in [-0.1, -0.05) is 11.6 Å². The van der Waals surface area contributed by atoms with Gasteiger partial charge in [0.2, 0.25) is 5.91 Å². The van der Waals surface area contributed by atoms with Crippen molar-refractivity contribution in [1.82, 2.24) is 14.8 Å². The average molecular weight is 428 g/mol. The van der Waals surface area contributed by atoms with Crippen LogP contribution in [-0.4, -0.2) is 26.6 Å². The third kappa shape index (κ3) is 3.83. The molecule has 3 rings (SSSR count).